The van der Waals surface area contributed by atoms with Gasteiger partial charge in [0.05, 0.1) is 0 Å². The topological polar surface area (TPSA) is 157 Å². The Hall–Kier alpha value is -5.19. The van der Waals surface area contributed by atoms with Gasteiger partial charge in [0.2, 0.25) is 5.91 Å². The van der Waals surface area contributed by atoms with Crippen LogP contribution in [0.5, 0.6) is 0 Å². The first kappa shape index (κ1) is 32.3. The molecule has 0 saturated heterocycles. The maximum atomic E-state index is 12.9. The second-order valence-corrected chi connectivity index (χ2v) is 9.54. The van der Waals surface area contributed by atoms with Crippen LogP contribution >= 0.6 is 0 Å². The van der Waals surface area contributed by atoms with Crippen molar-refractivity contribution in [2.75, 3.05) is 0 Å². The Kier molecular flexibility index (Phi) is 13.2. The second kappa shape index (κ2) is 17.6. The van der Waals surface area contributed by atoms with E-state index >= 15 is 0 Å². The van der Waals surface area contributed by atoms with E-state index in [1.165, 1.54) is 0 Å². The van der Waals surface area contributed by atoms with Crippen molar-refractivity contribution in [3.8, 4) is 0 Å². The molecule has 0 aliphatic rings. The summed E-state index contributed by atoms with van der Waals surface area (Å²) in [6.45, 7) is -0.133. The van der Waals surface area contributed by atoms with E-state index in [1.54, 1.807) is 72.8 Å². The standard InChI is InChI=1S/C32H34N2O9/c35-28(33-26(17-19-29(36)37)30(38)41-20-23-10-4-1-5-11-23)18-16-27(31(39)42-21-24-12-6-2-7-13-24)34-32(40)43-22-25-14-8-3-9-15-25/h1-15,26-27H,16-22H2,(H,33,35)(H,34,40)(H,36,37)/t26-,27-/m0/s1. The van der Waals surface area contributed by atoms with Gasteiger partial charge in [-0.25, -0.2) is 14.4 Å². The predicted molar refractivity (Wildman–Crippen MR) is 154 cm³/mol. The van der Waals surface area contributed by atoms with E-state index in [2.05, 4.69) is 10.6 Å². The van der Waals surface area contributed by atoms with E-state index in [-0.39, 0.29) is 45.5 Å². The number of esters is 2. The third kappa shape index (κ3) is 12.5. The van der Waals surface area contributed by atoms with Gasteiger partial charge in [-0.3, -0.25) is 9.59 Å². The number of rotatable bonds is 16. The fraction of sp³-hybridized carbons (Fsp3) is 0.281. The Morgan fingerprint density at radius 3 is 1.40 bits per heavy atom. The highest BCUT2D eigenvalue weighted by atomic mass is 16.6. The molecule has 2 atom stereocenters. The quantitative estimate of drug-likeness (QED) is 0.166. The molecule has 0 aliphatic carbocycles. The van der Waals surface area contributed by atoms with Crippen LogP contribution in [-0.4, -0.2) is 47.1 Å². The molecule has 43 heavy (non-hydrogen) atoms. The second-order valence-electron chi connectivity index (χ2n) is 9.54. The predicted octanol–water partition coefficient (Wildman–Crippen LogP) is 3.90. The van der Waals surface area contributed by atoms with Crippen LogP contribution in [0.2, 0.25) is 0 Å². The molecule has 3 N–H and O–H groups in total. The fourth-order valence-electron chi connectivity index (χ4n) is 3.87. The minimum Gasteiger partial charge on any atom is -0.481 e. The number of carboxylic acid groups (broad SMARTS) is 1. The molecule has 2 amide bonds. The van der Waals surface area contributed by atoms with Gasteiger partial charge < -0.3 is 30.0 Å². The highest BCUT2D eigenvalue weighted by molar-refractivity contribution is 5.86. The van der Waals surface area contributed by atoms with Gasteiger partial charge in [0.1, 0.15) is 31.9 Å². The summed E-state index contributed by atoms with van der Waals surface area (Å²) < 4.78 is 15.9. The molecule has 0 spiro atoms. The number of benzene rings is 3. The summed E-state index contributed by atoms with van der Waals surface area (Å²) in [5, 5.41) is 14.0. The SMILES string of the molecule is O=C(O)CC[C@H](NC(=O)CC[C@H](NC(=O)OCc1ccccc1)C(=O)OCc1ccccc1)C(=O)OCc1ccccc1. The van der Waals surface area contributed by atoms with Crippen LogP contribution in [0.15, 0.2) is 91.0 Å². The van der Waals surface area contributed by atoms with Gasteiger partial charge in [0.15, 0.2) is 0 Å². The number of aliphatic carboxylic acids is 1. The molecule has 0 saturated carbocycles. The van der Waals surface area contributed by atoms with Crippen molar-refractivity contribution in [1.82, 2.24) is 10.6 Å². The van der Waals surface area contributed by atoms with E-state index in [1.807, 2.05) is 18.2 Å². The van der Waals surface area contributed by atoms with Crippen molar-refractivity contribution in [1.29, 1.82) is 0 Å². The molecule has 0 bridgehead atoms. The van der Waals surface area contributed by atoms with Crippen LogP contribution < -0.4 is 10.6 Å². The van der Waals surface area contributed by atoms with Crippen LogP contribution in [0.3, 0.4) is 0 Å². The molecule has 0 radical (unpaired) electrons. The summed E-state index contributed by atoms with van der Waals surface area (Å²) in [5.74, 6) is -3.36. The van der Waals surface area contributed by atoms with E-state index in [4.69, 9.17) is 19.3 Å². The number of hydrogen-bond acceptors (Lipinski definition) is 8. The highest BCUT2D eigenvalue weighted by Crippen LogP contribution is 2.09. The summed E-state index contributed by atoms with van der Waals surface area (Å²) in [7, 11) is 0. The van der Waals surface area contributed by atoms with Crippen molar-refractivity contribution < 1.29 is 43.3 Å². The average Bonchev–Trinajstić information content (AvgIpc) is 3.03. The van der Waals surface area contributed by atoms with Gasteiger partial charge in [-0.05, 0) is 29.5 Å². The van der Waals surface area contributed by atoms with E-state index < -0.39 is 42.0 Å². The molecule has 0 aliphatic heterocycles. The van der Waals surface area contributed by atoms with Gasteiger partial charge in [-0.1, -0.05) is 91.0 Å². The molecule has 0 heterocycles. The van der Waals surface area contributed by atoms with Crippen molar-refractivity contribution in [3.63, 3.8) is 0 Å². The number of ether oxygens (including phenoxy) is 3. The summed E-state index contributed by atoms with van der Waals surface area (Å²) in [5.41, 5.74) is 2.20. The zero-order valence-electron chi connectivity index (χ0n) is 23.5. The first-order valence-electron chi connectivity index (χ1n) is 13.7. The number of nitrogens with one attached hydrogen (secondary N) is 2. The van der Waals surface area contributed by atoms with E-state index in [0.717, 1.165) is 16.7 Å². The number of hydrogen-bond donors (Lipinski definition) is 3. The maximum absolute atomic E-state index is 12.9. The number of carbonyl (C=O) groups excluding carboxylic acids is 4. The Bertz CT molecular complexity index is 1330. The number of carboxylic acids is 1. The van der Waals surface area contributed by atoms with Crippen molar-refractivity contribution >= 4 is 29.9 Å². The number of amides is 2. The van der Waals surface area contributed by atoms with Crippen molar-refractivity contribution in [2.24, 2.45) is 0 Å². The largest absolute Gasteiger partial charge is 0.481 e. The number of carbonyl (C=O) groups is 5. The van der Waals surface area contributed by atoms with Gasteiger partial charge in [-0.2, -0.15) is 0 Å². The molecular formula is C32H34N2O9. The summed E-state index contributed by atoms with van der Waals surface area (Å²) in [6.07, 6.45) is -1.92. The zero-order valence-corrected chi connectivity index (χ0v) is 23.5. The van der Waals surface area contributed by atoms with E-state index in [9.17, 15) is 24.0 Å². The van der Waals surface area contributed by atoms with Crippen molar-refractivity contribution in [2.45, 2.75) is 57.6 Å². The van der Waals surface area contributed by atoms with Crippen LogP contribution in [0.25, 0.3) is 0 Å². The fourth-order valence-corrected chi connectivity index (χ4v) is 3.87. The Balaban J connectivity index is 1.59. The lowest BCUT2D eigenvalue weighted by molar-refractivity contribution is -0.150. The first-order valence-corrected chi connectivity index (χ1v) is 13.7. The molecule has 0 aromatic heterocycles. The molecular weight excluding hydrogens is 556 g/mol. The monoisotopic (exact) mass is 590 g/mol. The minimum atomic E-state index is -1.24. The first-order chi connectivity index (χ1) is 20.8. The van der Waals surface area contributed by atoms with Crippen LogP contribution in [0, 0.1) is 0 Å². The third-order valence-electron chi connectivity index (χ3n) is 6.16. The lowest BCUT2D eigenvalue weighted by Gasteiger charge is -2.20. The van der Waals surface area contributed by atoms with Crippen LogP contribution in [0.4, 0.5) is 4.79 Å². The van der Waals surface area contributed by atoms with Crippen LogP contribution in [0.1, 0.15) is 42.4 Å². The van der Waals surface area contributed by atoms with Gasteiger partial charge in [0, 0.05) is 12.8 Å². The summed E-state index contributed by atoms with van der Waals surface area (Å²) in [4.78, 5) is 62.0. The van der Waals surface area contributed by atoms with Gasteiger partial charge in [-0.15, -0.1) is 0 Å². The zero-order chi connectivity index (χ0) is 30.9. The third-order valence-corrected chi connectivity index (χ3v) is 6.16. The summed E-state index contributed by atoms with van der Waals surface area (Å²) >= 11 is 0. The molecule has 226 valence electrons. The van der Waals surface area contributed by atoms with Crippen molar-refractivity contribution in [3.05, 3.63) is 108 Å². The summed E-state index contributed by atoms with van der Waals surface area (Å²) in [6, 6.07) is 24.3. The molecule has 0 fully saturated rings. The molecule has 3 aromatic carbocycles. The number of alkyl carbamates (subject to hydrolysis) is 1. The molecule has 3 rings (SSSR count). The lowest BCUT2D eigenvalue weighted by atomic mass is 10.1. The normalized spacial score (nSPS) is 11.8. The highest BCUT2D eigenvalue weighted by Gasteiger charge is 2.27. The molecule has 11 heteroatoms. The molecule has 3 aromatic rings. The molecule has 11 nitrogen and oxygen atoms in total. The van der Waals surface area contributed by atoms with Crippen LogP contribution in [-0.2, 0) is 53.2 Å². The van der Waals surface area contributed by atoms with Gasteiger partial charge in [0.25, 0.3) is 0 Å². The lowest BCUT2D eigenvalue weighted by Crippen LogP contribution is -2.45. The average molecular weight is 591 g/mol. The van der Waals surface area contributed by atoms with Gasteiger partial charge >= 0.3 is 24.0 Å². The maximum Gasteiger partial charge on any atom is 0.408 e. The molecule has 0 unspecified atom stereocenters. The van der Waals surface area contributed by atoms with E-state index in [0.29, 0.717) is 0 Å². The Labute approximate surface area is 249 Å². The smallest absolute Gasteiger partial charge is 0.408 e. The minimum absolute atomic E-state index is 0.0324. The Morgan fingerprint density at radius 1 is 0.558 bits per heavy atom. The Morgan fingerprint density at radius 2 is 0.953 bits per heavy atom.